The van der Waals surface area contributed by atoms with Crippen molar-refractivity contribution in [3.63, 3.8) is 0 Å². The molecule has 0 fully saturated rings. The third kappa shape index (κ3) is 4.29. The lowest BCUT2D eigenvalue weighted by atomic mass is 10.1. The number of benzene rings is 2. The van der Waals surface area contributed by atoms with Crippen molar-refractivity contribution >= 4 is 40.5 Å². The van der Waals surface area contributed by atoms with Crippen LogP contribution in [0.15, 0.2) is 65.1 Å². The zero-order valence-electron chi connectivity index (χ0n) is 13.5. The van der Waals surface area contributed by atoms with Crippen molar-refractivity contribution in [2.24, 2.45) is 0 Å². The molecule has 3 N–H and O–H groups in total. The van der Waals surface area contributed by atoms with Crippen LogP contribution in [0.4, 0.5) is 5.69 Å². The molecule has 132 valence electrons. The fraction of sp³-hybridized carbons (Fsp3) is 0.0526. The van der Waals surface area contributed by atoms with E-state index in [0.717, 1.165) is 0 Å². The van der Waals surface area contributed by atoms with Gasteiger partial charge >= 0.3 is 0 Å². The van der Waals surface area contributed by atoms with Gasteiger partial charge in [-0.25, -0.2) is 0 Å². The van der Waals surface area contributed by atoms with Gasteiger partial charge in [-0.2, -0.15) is 0 Å². The molecule has 3 rings (SSSR count). The highest BCUT2D eigenvalue weighted by atomic mass is 35.5. The second-order valence-electron chi connectivity index (χ2n) is 5.39. The van der Waals surface area contributed by atoms with E-state index < -0.39 is 0 Å². The number of halogens is 1. The number of amides is 1. The number of aliphatic hydroxyl groups excluding tert-OH is 1. The standard InChI is InChI=1S/C19H15ClN2O3S/c20-16-10-13(6-8-15(16)17-9-7-14(11-23)25-17)21-19(26)22-18(24)12-4-2-1-3-5-12/h1-10,23H,11H2,(H2,21,22,24,26). The number of hydrogen-bond donors (Lipinski definition) is 3. The predicted octanol–water partition coefficient (Wildman–Crippen LogP) is 4.22. The van der Waals surface area contributed by atoms with E-state index in [1.807, 2.05) is 6.07 Å². The van der Waals surface area contributed by atoms with Crippen molar-refractivity contribution in [3.05, 3.63) is 77.0 Å². The SMILES string of the molecule is O=C(NC(=S)Nc1ccc(-c2ccc(CO)o2)c(Cl)c1)c1ccccc1. The first kappa shape index (κ1) is 18.1. The normalized spacial score (nSPS) is 10.4. The fourth-order valence-corrected chi connectivity index (χ4v) is 2.81. The Balaban J connectivity index is 1.67. The quantitative estimate of drug-likeness (QED) is 0.585. The Kier molecular flexibility index (Phi) is 5.68. The highest BCUT2D eigenvalue weighted by Crippen LogP contribution is 2.31. The van der Waals surface area contributed by atoms with Gasteiger partial charge in [0.05, 0.1) is 5.02 Å². The highest BCUT2D eigenvalue weighted by Gasteiger charge is 2.11. The van der Waals surface area contributed by atoms with Crippen molar-refractivity contribution in [1.29, 1.82) is 0 Å². The summed E-state index contributed by atoms with van der Waals surface area (Å²) in [6.45, 7) is -0.174. The summed E-state index contributed by atoms with van der Waals surface area (Å²) in [6, 6.07) is 17.4. The molecule has 0 spiro atoms. The molecule has 0 unspecified atom stereocenters. The van der Waals surface area contributed by atoms with Crippen LogP contribution in [0, 0.1) is 0 Å². The van der Waals surface area contributed by atoms with E-state index >= 15 is 0 Å². The first-order chi connectivity index (χ1) is 12.6. The van der Waals surface area contributed by atoms with Crippen LogP contribution in [0.1, 0.15) is 16.1 Å². The maximum atomic E-state index is 12.1. The van der Waals surface area contributed by atoms with Gasteiger partial charge in [-0.3, -0.25) is 10.1 Å². The molecule has 0 radical (unpaired) electrons. The number of furan rings is 1. The number of hydrogen-bond acceptors (Lipinski definition) is 4. The van der Waals surface area contributed by atoms with Gasteiger partial charge in [0, 0.05) is 16.8 Å². The van der Waals surface area contributed by atoms with Crippen molar-refractivity contribution in [2.45, 2.75) is 6.61 Å². The van der Waals surface area contributed by atoms with E-state index in [1.165, 1.54) is 0 Å². The Morgan fingerprint density at radius 3 is 2.54 bits per heavy atom. The number of aliphatic hydroxyl groups is 1. The maximum absolute atomic E-state index is 12.1. The zero-order chi connectivity index (χ0) is 18.5. The average molecular weight is 387 g/mol. The van der Waals surface area contributed by atoms with Crippen LogP contribution in [0.25, 0.3) is 11.3 Å². The maximum Gasteiger partial charge on any atom is 0.257 e. The van der Waals surface area contributed by atoms with Crippen molar-refractivity contribution in [3.8, 4) is 11.3 Å². The Morgan fingerprint density at radius 2 is 1.88 bits per heavy atom. The lowest BCUT2D eigenvalue weighted by Gasteiger charge is -2.11. The summed E-state index contributed by atoms with van der Waals surface area (Å²) >= 11 is 11.5. The molecule has 5 nitrogen and oxygen atoms in total. The van der Waals surface area contributed by atoms with Gasteiger partial charge < -0.3 is 14.8 Å². The molecule has 3 aromatic rings. The second kappa shape index (κ2) is 8.14. The van der Waals surface area contributed by atoms with Crippen LogP contribution < -0.4 is 10.6 Å². The van der Waals surface area contributed by atoms with Crippen molar-refractivity contribution < 1.29 is 14.3 Å². The number of anilines is 1. The van der Waals surface area contributed by atoms with Gasteiger partial charge in [0.2, 0.25) is 0 Å². The second-order valence-corrected chi connectivity index (χ2v) is 6.21. The van der Waals surface area contributed by atoms with Gasteiger partial charge in [0.1, 0.15) is 18.1 Å². The largest absolute Gasteiger partial charge is 0.459 e. The summed E-state index contributed by atoms with van der Waals surface area (Å²) in [5.74, 6) is 0.728. The topological polar surface area (TPSA) is 74.5 Å². The van der Waals surface area contributed by atoms with E-state index in [0.29, 0.717) is 33.4 Å². The molecule has 0 aliphatic rings. The van der Waals surface area contributed by atoms with Crippen LogP contribution in [-0.2, 0) is 6.61 Å². The lowest BCUT2D eigenvalue weighted by molar-refractivity contribution is 0.0977. The number of carbonyl (C=O) groups is 1. The molecular formula is C19H15ClN2O3S. The van der Waals surface area contributed by atoms with Gasteiger partial charge in [0.25, 0.3) is 5.91 Å². The Morgan fingerprint density at radius 1 is 1.12 bits per heavy atom. The summed E-state index contributed by atoms with van der Waals surface area (Å²) in [5.41, 5.74) is 1.84. The molecule has 1 heterocycles. The van der Waals surface area contributed by atoms with Gasteiger partial charge in [-0.15, -0.1) is 0 Å². The van der Waals surface area contributed by atoms with E-state index in [4.69, 9.17) is 33.3 Å². The van der Waals surface area contributed by atoms with Gasteiger partial charge in [0.15, 0.2) is 5.11 Å². The van der Waals surface area contributed by atoms with Gasteiger partial charge in [-0.05, 0) is 54.7 Å². The Labute approximate surface area is 160 Å². The van der Waals surface area contributed by atoms with E-state index in [1.54, 1.807) is 54.6 Å². The summed E-state index contributed by atoms with van der Waals surface area (Å²) in [4.78, 5) is 12.1. The molecule has 0 aliphatic carbocycles. The Bertz CT molecular complexity index is 941. The van der Waals surface area contributed by atoms with Crippen molar-refractivity contribution in [2.75, 3.05) is 5.32 Å². The van der Waals surface area contributed by atoms with Crippen molar-refractivity contribution in [1.82, 2.24) is 5.32 Å². The molecule has 7 heteroatoms. The van der Waals surface area contributed by atoms with Gasteiger partial charge in [-0.1, -0.05) is 29.8 Å². The average Bonchev–Trinajstić information content (AvgIpc) is 3.11. The lowest BCUT2D eigenvalue weighted by Crippen LogP contribution is -2.34. The van der Waals surface area contributed by atoms with E-state index in [-0.39, 0.29) is 17.6 Å². The van der Waals surface area contributed by atoms with Crippen LogP contribution in [0.3, 0.4) is 0 Å². The molecule has 0 saturated heterocycles. The van der Waals surface area contributed by atoms with E-state index in [2.05, 4.69) is 10.6 Å². The van der Waals surface area contributed by atoms with Crippen LogP contribution in [0.2, 0.25) is 5.02 Å². The number of thiocarbonyl (C=S) groups is 1. The van der Waals surface area contributed by atoms with Crippen LogP contribution >= 0.6 is 23.8 Å². The smallest absolute Gasteiger partial charge is 0.257 e. The monoisotopic (exact) mass is 386 g/mol. The fourth-order valence-electron chi connectivity index (χ4n) is 2.33. The summed E-state index contributed by atoms with van der Waals surface area (Å²) in [6.07, 6.45) is 0. The minimum Gasteiger partial charge on any atom is -0.459 e. The highest BCUT2D eigenvalue weighted by molar-refractivity contribution is 7.80. The summed E-state index contributed by atoms with van der Waals surface area (Å²) in [7, 11) is 0. The minimum absolute atomic E-state index is 0.170. The molecule has 1 aromatic heterocycles. The molecule has 0 aliphatic heterocycles. The third-order valence-electron chi connectivity index (χ3n) is 3.57. The number of rotatable bonds is 4. The summed E-state index contributed by atoms with van der Waals surface area (Å²) < 4.78 is 5.48. The third-order valence-corrected chi connectivity index (χ3v) is 4.09. The molecule has 2 aromatic carbocycles. The summed E-state index contributed by atoms with van der Waals surface area (Å²) in [5, 5.41) is 15.2. The number of nitrogens with one attached hydrogen (secondary N) is 2. The number of carbonyl (C=O) groups excluding carboxylic acids is 1. The van der Waals surface area contributed by atoms with Crippen LogP contribution in [-0.4, -0.2) is 16.1 Å². The first-order valence-corrected chi connectivity index (χ1v) is 8.52. The molecule has 26 heavy (non-hydrogen) atoms. The minimum atomic E-state index is -0.294. The zero-order valence-corrected chi connectivity index (χ0v) is 15.1. The van der Waals surface area contributed by atoms with E-state index in [9.17, 15) is 4.79 Å². The molecular weight excluding hydrogens is 372 g/mol. The molecule has 0 bridgehead atoms. The molecule has 0 atom stereocenters. The predicted molar refractivity (Wildman–Crippen MR) is 105 cm³/mol. The molecule has 0 saturated carbocycles. The molecule has 1 amide bonds. The Hall–Kier alpha value is -2.67. The first-order valence-electron chi connectivity index (χ1n) is 7.73. The van der Waals surface area contributed by atoms with Crippen LogP contribution in [0.5, 0.6) is 0 Å².